The van der Waals surface area contributed by atoms with Crippen molar-refractivity contribution in [2.45, 2.75) is 57.4 Å². The van der Waals surface area contributed by atoms with Crippen molar-refractivity contribution in [2.75, 3.05) is 6.61 Å². The molecule has 2 N–H and O–H groups in total. The molecule has 1 aliphatic heterocycles. The van der Waals surface area contributed by atoms with Crippen LogP contribution in [0.5, 0.6) is 0 Å². The third-order valence-electron chi connectivity index (χ3n) is 3.83. The summed E-state index contributed by atoms with van der Waals surface area (Å²) in [5, 5.41) is 20.4. The van der Waals surface area contributed by atoms with Gasteiger partial charge in [0, 0.05) is 6.61 Å². The zero-order valence-corrected chi connectivity index (χ0v) is 13.4. The second kappa shape index (κ2) is 8.40. The number of carbonyl (C=O) groups is 1. The Hall–Kier alpha value is -1.47. The monoisotopic (exact) mass is 324 g/mol. The van der Waals surface area contributed by atoms with E-state index < -0.39 is 36.7 Å². The highest BCUT2D eigenvalue weighted by atomic mass is 16.7. The van der Waals surface area contributed by atoms with Crippen LogP contribution in [0.25, 0.3) is 0 Å². The number of hydrogen-bond acceptors (Lipinski definition) is 6. The number of rotatable bonds is 6. The molecule has 5 atom stereocenters. The second-order valence-corrected chi connectivity index (χ2v) is 5.65. The smallest absolute Gasteiger partial charge is 0.338 e. The Morgan fingerprint density at radius 1 is 1.22 bits per heavy atom. The van der Waals surface area contributed by atoms with Gasteiger partial charge in [-0.3, -0.25) is 0 Å². The van der Waals surface area contributed by atoms with Crippen LogP contribution < -0.4 is 0 Å². The summed E-state index contributed by atoms with van der Waals surface area (Å²) in [6.07, 6.45) is -3.07. The van der Waals surface area contributed by atoms with Gasteiger partial charge in [-0.2, -0.15) is 0 Å². The van der Waals surface area contributed by atoms with Gasteiger partial charge in [-0.1, -0.05) is 31.5 Å². The minimum atomic E-state index is -1.39. The van der Waals surface area contributed by atoms with Gasteiger partial charge in [0.05, 0.1) is 11.7 Å². The molecule has 0 spiro atoms. The van der Waals surface area contributed by atoms with Gasteiger partial charge in [-0.15, -0.1) is 0 Å². The highest BCUT2D eigenvalue weighted by molar-refractivity contribution is 5.89. The Balaban J connectivity index is 2.02. The number of carbonyl (C=O) groups excluding carboxylic acids is 1. The maximum atomic E-state index is 12.1. The highest BCUT2D eigenvalue weighted by Crippen LogP contribution is 2.25. The van der Waals surface area contributed by atoms with Gasteiger partial charge in [-0.25, -0.2) is 4.79 Å². The predicted molar refractivity (Wildman–Crippen MR) is 82.9 cm³/mol. The normalized spacial score (nSPS) is 30.9. The van der Waals surface area contributed by atoms with Gasteiger partial charge in [0.1, 0.15) is 12.2 Å². The molecular weight excluding hydrogens is 300 g/mol. The number of esters is 1. The van der Waals surface area contributed by atoms with Crippen LogP contribution in [0.3, 0.4) is 0 Å². The van der Waals surface area contributed by atoms with Gasteiger partial charge >= 0.3 is 5.97 Å². The van der Waals surface area contributed by atoms with E-state index in [9.17, 15) is 15.0 Å². The Kier molecular flexibility index (Phi) is 6.53. The zero-order chi connectivity index (χ0) is 16.8. The molecule has 0 bridgehead atoms. The lowest BCUT2D eigenvalue weighted by Crippen LogP contribution is -2.59. The average Bonchev–Trinajstić information content (AvgIpc) is 2.55. The first-order chi connectivity index (χ1) is 11.0. The first kappa shape index (κ1) is 17.9. The molecule has 0 aliphatic carbocycles. The Morgan fingerprint density at radius 3 is 2.57 bits per heavy atom. The molecule has 0 aromatic heterocycles. The summed E-state index contributed by atoms with van der Waals surface area (Å²) in [7, 11) is 0. The van der Waals surface area contributed by atoms with Crippen LogP contribution in [-0.2, 0) is 14.2 Å². The standard InChI is InChI=1S/C17H24O6/c1-3-4-10-21-14-11(2)22-17(20)15(13(14)18)23-16(19)12-8-6-5-7-9-12/h5-9,11,13-15,17-18,20H,3-4,10H2,1-2H3/t11?,13?,14-,15?,17+/m0/s1. The lowest BCUT2D eigenvalue weighted by Gasteiger charge is -2.40. The molecule has 3 unspecified atom stereocenters. The third kappa shape index (κ3) is 4.51. The summed E-state index contributed by atoms with van der Waals surface area (Å²) in [6, 6.07) is 8.40. The van der Waals surface area contributed by atoms with E-state index >= 15 is 0 Å². The van der Waals surface area contributed by atoms with E-state index in [1.165, 1.54) is 0 Å². The molecule has 1 aromatic carbocycles. The number of aliphatic hydroxyl groups is 2. The van der Waals surface area contributed by atoms with E-state index in [1.54, 1.807) is 37.3 Å². The number of ether oxygens (including phenoxy) is 3. The first-order valence-electron chi connectivity index (χ1n) is 7.93. The van der Waals surface area contributed by atoms with E-state index in [4.69, 9.17) is 14.2 Å². The van der Waals surface area contributed by atoms with Crippen molar-refractivity contribution in [3.8, 4) is 0 Å². The number of hydrogen-bond donors (Lipinski definition) is 2. The molecule has 1 aromatic rings. The van der Waals surface area contributed by atoms with Crippen molar-refractivity contribution in [1.29, 1.82) is 0 Å². The molecule has 128 valence electrons. The van der Waals surface area contributed by atoms with Crippen LogP contribution in [0.1, 0.15) is 37.0 Å². The van der Waals surface area contributed by atoms with E-state index in [1.807, 2.05) is 6.92 Å². The van der Waals surface area contributed by atoms with Crippen molar-refractivity contribution < 1.29 is 29.2 Å². The molecule has 2 rings (SSSR count). The molecule has 23 heavy (non-hydrogen) atoms. The fourth-order valence-corrected chi connectivity index (χ4v) is 2.50. The Bertz CT molecular complexity index is 491. The third-order valence-corrected chi connectivity index (χ3v) is 3.83. The van der Waals surface area contributed by atoms with Gasteiger partial charge in [0.25, 0.3) is 0 Å². The summed E-state index contributed by atoms with van der Waals surface area (Å²) >= 11 is 0. The zero-order valence-electron chi connectivity index (χ0n) is 13.4. The van der Waals surface area contributed by atoms with Crippen LogP contribution in [0.15, 0.2) is 30.3 Å². The lowest BCUT2D eigenvalue weighted by molar-refractivity contribution is -0.284. The van der Waals surface area contributed by atoms with E-state index in [2.05, 4.69) is 0 Å². The van der Waals surface area contributed by atoms with E-state index in [0.29, 0.717) is 12.2 Å². The van der Waals surface area contributed by atoms with Gasteiger partial charge in [0.2, 0.25) is 0 Å². The van der Waals surface area contributed by atoms with Crippen LogP contribution in [0.2, 0.25) is 0 Å². The second-order valence-electron chi connectivity index (χ2n) is 5.65. The average molecular weight is 324 g/mol. The van der Waals surface area contributed by atoms with E-state index in [0.717, 1.165) is 12.8 Å². The number of benzene rings is 1. The minimum Gasteiger partial charge on any atom is -0.450 e. The van der Waals surface area contributed by atoms with Crippen LogP contribution in [-0.4, -0.2) is 53.5 Å². The first-order valence-corrected chi connectivity index (χ1v) is 7.93. The molecular formula is C17H24O6. The van der Waals surface area contributed by atoms with Crippen molar-refractivity contribution in [2.24, 2.45) is 0 Å². The maximum absolute atomic E-state index is 12.1. The van der Waals surface area contributed by atoms with Crippen molar-refractivity contribution in [1.82, 2.24) is 0 Å². The van der Waals surface area contributed by atoms with Crippen molar-refractivity contribution >= 4 is 5.97 Å². The summed E-state index contributed by atoms with van der Waals surface area (Å²) in [5.74, 6) is -0.626. The van der Waals surface area contributed by atoms with Crippen molar-refractivity contribution in [3.05, 3.63) is 35.9 Å². The fraction of sp³-hybridized carbons (Fsp3) is 0.588. The molecule has 6 nitrogen and oxygen atoms in total. The summed E-state index contributed by atoms with van der Waals surface area (Å²) in [6.45, 7) is 4.22. The topological polar surface area (TPSA) is 85.2 Å². The summed E-state index contributed by atoms with van der Waals surface area (Å²) < 4.78 is 16.2. The Morgan fingerprint density at radius 2 is 1.91 bits per heavy atom. The summed E-state index contributed by atoms with van der Waals surface area (Å²) in [5.41, 5.74) is 0.342. The van der Waals surface area contributed by atoms with E-state index in [-0.39, 0.29) is 0 Å². The molecule has 0 saturated carbocycles. The highest BCUT2D eigenvalue weighted by Gasteiger charge is 2.45. The molecule has 1 aliphatic rings. The summed E-state index contributed by atoms with van der Waals surface area (Å²) in [4.78, 5) is 12.1. The molecule has 1 saturated heterocycles. The quantitative estimate of drug-likeness (QED) is 0.609. The van der Waals surface area contributed by atoms with Crippen molar-refractivity contribution in [3.63, 3.8) is 0 Å². The van der Waals surface area contributed by atoms with Gasteiger partial charge in [-0.05, 0) is 25.5 Å². The molecule has 0 amide bonds. The fourth-order valence-electron chi connectivity index (χ4n) is 2.50. The lowest BCUT2D eigenvalue weighted by atomic mass is 9.99. The molecule has 0 radical (unpaired) electrons. The minimum absolute atomic E-state index is 0.342. The van der Waals surface area contributed by atoms with Crippen LogP contribution >= 0.6 is 0 Å². The number of aliphatic hydroxyl groups excluding tert-OH is 2. The van der Waals surface area contributed by atoms with Crippen LogP contribution in [0, 0.1) is 0 Å². The van der Waals surface area contributed by atoms with Crippen LogP contribution in [0.4, 0.5) is 0 Å². The number of unbranched alkanes of at least 4 members (excludes halogenated alkanes) is 1. The Labute approximate surface area is 136 Å². The SMILES string of the molecule is CCCCO[C@H]1C(C)O[C@@H](O)C(OC(=O)c2ccccc2)C1O. The van der Waals surface area contributed by atoms with Gasteiger partial charge in [0.15, 0.2) is 12.4 Å². The van der Waals surface area contributed by atoms with Gasteiger partial charge < -0.3 is 24.4 Å². The molecule has 1 heterocycles. The molecule has 6 heteroatoms. The maximum Gasteiger partial charge on any atom is 0.338 e. The molecule has 1 fully saturated rings. The predicted octanol–water partition coefficient (Wildman–Crippen LogP) is 1.50. The largest absolute Gasteiger partial charge is 0.450 e.